The molecule has 18 heavy (non-hydrogen) atoms. The predicted molar refractivity (Wildman–Crippen MR) is 68.8 cm³/mol. The zero-order valence-electron chi connectivity index (χ0n) is 9.52. The molecular formula is C11H11N3O3S. The highest BCUT2D eigenvalue weighted by atomic mass is 32.1. The Balaban J connectivity index is 2.17. The summed E-state index contributed by atoms with van der Waals surface area (Å²) in [6.45, 7) is 0. The fraction of sp³-hybridized carbons (Fsp3) is 0.0909. The summed E-state index contributed by atoms with van der Waals surface area (Å²) in [5.41, 5.74) is 6.73. The first-order valence-electron chi connectivity index (χ1n) is 5.03. The molecule has 0 bridgehead atoms. The highest BCUT2D eigenvalue weighted by Crippen LogP contribution is 2.23. The maximum atomic E-state index is 11.8. The van der Waals surface area contributed by atoms with E-state index in [-0.39, 0.29) is 5.91 Å². The molecule has 0 unspecified atom stereocenters. The average molecular weight is 265 g/mol. The van der Waals surface area contributed by atoms with Gasteiger partial charge in [-0.2, -0.15) is 0 Å². The third-order valence-corrected chi connectivity index (χ3v) is 3.13. The Morgan fingerprint density at radius 2 is 2.28 bits per heavy atom. The molecule has 0 aliphatic rings. The van der Waals surface area contributed by atoms with E-state index in [0.717, 1.165) is 0 Å². The number of thiophene rings is 1. The van der Waals surface area contributed by atoms with Crippen LogP contribution in [-0.4, -0.2) is 24.0 Å². The van der Waals surface area contributed by atoms with Crippen LogP contribution in [0.4, 0.5) is 11.4 Å². The van der Waals surface area contributed by atoms with Gasteiger partial charge < -0.3 is 20.8 Å². The third-order valence-electron chi connectivity index (χ3n) is 2.23. The van der Waals surface area contributed by atoms with Crippen molar-refractivity contribution in [3.63, 3.8) is 0 Å². The van der Waals surface area contributed by atoms with Gasteiger partial charge in [-0.05, 0) is 17.5 Å². The third kappa shape index (κ3) is 2.35. The van der Waals surface area contributed by atoms with Crippen LogP contribution in [0.5, 0.6) is 0 Å². The molecule has 0 spiro atoms. The first-order valence-corrected chi connectivity index (χ1v) is 5.91. The van der Waals surface area contributed by atoms with Crippen LogP contribution in [0.1, 0.15) is 20.2 Å². The van der Waals surface area contributed by atoms with Gasteiger partial charge in [0.15, 0.2) is 0 Å². The van der Waals surface area contributed by atoms with E-state index in [0.29, 0.717) is 21.9 Å². The maximum Gasteiger partial charge on any atom is 0.350 e. The van der Waals surface area contributed by atoms with Gasteiger partial charge in [-0.15, -0.1) is 11.3 Å². The molecule has 0 fully saturated rings. The summed E-state index contributed by atoms with van der Waals surface area (Å²) in [5, 5.41) is 4.32. The number of methoxy groups -OCH3 is 1. The Kier molecular flexibility index (Phi) is 3.33. The lowest BCUT2D eigenvalue weighted by Gasteiger charge is -2.03. The summed E-state index contributed by atoms with van der Waals surface area (Å²) < 4.78 is 4.62. The summed E-state index contributed by atoms with van der Waals surface area (Å²) >= 11 is 1.20. The molecule has 0 atom stereocenters. The van der Waals surface area contributed by atoms with E-state index in [1.54, 1.807) is 11.4 Å². The van der Waals surface area contributed by atoms with Crippen molar-refractivity contribution in [2.75, 3.05) is 18.2 Å². The van der Waals surface area contributed by atoms with Gasteiger partial charge in [0.2, 0.25) is 0 Å². The van der Waals surface area contributed by atoms with Gasteiger partial charge in [0.1, 0.15) is 10.6 Å². The number of hydrogen-bond donors (Lipinski definition) is 3. The van der Waals surface area contributed by atoms with E-state index in [1.807, 2.05) is 0 Å². The summed E-state index contributed by atoms with van der Waals surface area (Å²) in [5.74, 6) is -0.846. The van der Waals surface area contributed by atoms with Crippen LogP contribution in [0, 0.1) is 0 Å². The van der Waals surface area contributed by atoms with Crippen LogP contribution in [0.2, 0.25) is 0 Å². The van der Waals surface area contributed by atoms with Gasteiger partial charge in [-0.3, -0.25) is 4.79 Å². The fourth-order valence-electron chi connectivity index (χ4n) is 1.39. The summed E-state index contributed by atoms with van der Waals surface area (Å²) in [7, 11) is 1.29. The van der Waals surface area contributed by atoms with Crippen LogP contribution in [-0.2, 0) is 4.74 Å². The Morgan fingerprint density at radius 3 is 2.89 bits per heavy atom. The number of anilines is 2. The molecule has 94 valence electrons. The summed E-state index contributed by atoms with van der Waals surface area (Å²) in [4.78, 5) is 26.4. The van der Waals surface area contributed by atoms with Gasteiger partial charge in [-0.1, -0.05) is 0 Å². The van der Waals surface area contributed by atoms with Crippen molar-refractivity contribution in [1.82, 2.24) is 4.98 Å². The average Bonchev–Trinajstić information content (AvgIpc) is 2.97. The minimum absolute atomic E-state index is 0.328. The molecule has 0 saturated carbocycles. The number of hydrogen-bond acceptors (Lipinski definition) is 5. The van der Waals surface area contributed by atoms with Crippen LogP contribution >= 0.6 is 11.3 Å². The normalized spacial score (nSPS) is 10.1. The first kappa shape index (κ1) is 12.2. The molecule has 0 aliphatic heterocycles. The highest BCUT2D eigenvalue weighted by molar-refractivity contribution is 7.12. The Hall–Kier alpha value is -2.28. The van der Waals surface area contributed by atoms with Crippen molar-refractivity contribution < 1.29 is 14.3 Å². The Bertz CT molecular complexity index is 588. The number of amides is 1. The van der Waals surface area contributed by atoms with Crippen molar-refractivity contribution in [1.29, 1.82) is 0 Å². The molecule has 1 amide bonds. The van der Waals surface area contributed by atoms with E-state index in [9.17, 15) is 9.59 Å². The number of aromatic amines is 1. The van der Waals surface area contributed by atoms with E-state index < -0.39 is 5.97 Å². The highest BCUT2D eigenvalue weighted by Gasteiger charge is 2.16. The van der Waals surface area contributed by atoms with Crippen LogP contribution in [0.3, 0.4) is 0 Å². The number of aromatic nitrogens is 1. The number of nitrogens with two attached hydrogens (primary N) is 1. The van der Waals surface area contributed by atoms with Crippen molar-refractivity contribution in [2.24, 2.45) is 0 Å². The van der Waals surface area contributed by atoms with Crippen LogP contribution < -0.4 is 11.1 Å². The zero-order valence-corrected chi connectivity index (χ0v) is 10.3. The Labute approximate surface area is 107 Å². The van der Waals surface area contributed by atoms with Gasteiger partial charge in [0.05, 0.1) is 12.8 Å². The molecule has 2 aromatic rings. The molecule has 4 N–H and O–H groups in total. The summed E-state index contributed by atoms with van der Waals surface area (Å²) in [6.07, 6.45) is 1.52. The van der Waals surface area contributed by atoms with E-state index in [4.69, 9.17) is 5.73 Å². The van der Waals surface area contributed by atoms with Crippen molar-refractivity contribution in [2.45, 2.75) is 0 Å². The maximum absolute atomic E-state index is 11.8. The molecule has 0 aliphatic carbocycles. The number of H-pyrrole nitrogens is 1. The van der Waals surface area contributed by atoms with Gasteiger partial charge >= 0.3 is 5.97 Å². The van der Waals surface area contributed by atoms with Crippen molar-refractivity contribution >= 4 is 34.6 Å². The zero-order chi connectivity index (χ0) is 13.1. The van der Waals surface area contributed by atoms with Gasteiger partial charge in [0.25, 0.3) is 5.91 Å². The molecule has 2 aromatic heterocycles. The lowest BCUT2D eigenvalue weighted by Crippen LogP contribution is -2.14. The molecule has 6 nitrogen and oxygen atoms in total. The second-order valence-corrected chi connectivity index (χ2v) is 4.37. The predicted octanol–water partition coefficient (Wildman–Crippen LogP) is 1.70. The minimum Gasteiger partial charge on any atom is -0.465 e. The quantitative estimate of drug-likeness (QED) is 0.736. The molecule has 0 saturated heterocycles. The summed E-state index contributed by atoms with van der Waals surface area (Å²) in [6, 6.07) is 3.15. The molecule has 7 heteroatoms. The van der Waals surface area contributed by atoms with Crippen LogP contribution in [0.25, 0.3) is 0 Å². The second kappa shape index (κ2) is 4.92. The van der Waals surface area contributed by atoms with Crippen molar-refractivity contribution in [3.05, 3.63) is 34.3 Å². The van der Waals surface area contributed by atoms with Crippen LogP contribution in [0.15, 0.2) is 23.7 Å². The Morgan fingerprint density at radius 1 is 1.50 bits per heavy atom. The minimum atomic E-state index is -0.480. The number of carbonyl (C=O) groups is 2. The molecule has 2 heterocycles. The lowest BCUT2D eigenvalue weighted by atomic mass is 10.3. The number of nitrogen functional groups attached to an aromatic ring is 1. The van der Waals surface area contributed by atoms with Gasteiger partial charge in [-0.25, -0.2) is 4.79 Å². The standard InChI is InChI=1S/C11H11N3O3S/c1-17-11(16)9-7(2-3-18-9)14-10(15)8-4-6(12)5-13-8/h2-5,13H,12H2,1H3,(H,14,15). The lowest BCUT2D eigenvalue weighted by molar-refractivity contribution is 0.0607. The molecular weight excluding hydrogens is 254 g/mol. The van der Waals surface area contributed by atoms with E-state index >= 15 is 0 Å². The fourth-order valence-corrected chi connectivity index (χ4v) is 2.16. The molecule has 0 radical (unpaired) electrons. The second-order valence-electron chi connectivity index (χ2n) is 3.46. The smallest absolute Gasteiger partial charge is 0.350 e. The number of carbonyl (C=O) groups excluding carboxylic acids is 2. The van der Waals surface area contributed by atoms with Crippen molar-refractivity contribution in [3.8, 4) is 0 Å². The SMILES string of the molecule is COC(=O)c1sccc1NC(=O)c1cc(N)c[nH]1. The number of nitrogens with one attached hydrogen (secondary N) is 2. The monoisotopic (exact) mass is 265 g/mol. The van der Waals surface area contributed by atoms with E-state index in [2.05, 4.69) is 15.0 Å². The van der Waals surface area contributed by atoms with E-state index in [1.165, 1.54) is 30.7 Å². The number of ether oxygens (including phenoxy) is 1. The molecule has 0 aromatic carbocycles. The number of esters is 1. The topological polar surface area (TPSA) is 97.2 Å². The van der Waals surface area contributed by atoms with Gasteiger partial charge in [0, 0.05) is 11.9 Å². The first-order chi connectivity index (χ1) is 8.61. The largest absolute Gasteiger partial charge is 0.465 e. The number of rotatable bonds is 3. The molecule has 2 rings (SSSR count).